The van der Waals surface area contributed by atoms with Gasteiger partial charge in [0.25, 0.3) is 0 Å². The number of nitrogens with zero attached hydrogens (tertiary/aromatic N) is 2. The van der Waals surface area contributed by atoms with Crippen LogP contribution in [0.1, 0.15) is 27.9 Å². The molecule has 0 atom stereocenters. The number of nitrogens with two attached hydrogens (primary N) is 1. The van der Waals surface area contributed by atoms with E-state index in [-0.39, 0.29) is 28.7 Å². The van der Waals surface area contributed by atoms with Crippen molar-refractivity contribution < 1.29 is 17.6 Å². The van der Waals surface area contributed by atoms with Crippen LogP contribution in [0.5, 0.6) is 0 Å². The summed E-state index contributed by atoms with van der Waals surface area (Å²) in [6, 6.07) is 12.6. The average Bonchev–Trinajstić information content (AvgIpc) is 3.03. The van der Waals surface area contributed by atoms with E-state index in [9.17, 15) is 17.6 Å². The van der Waals surface area contributed by atoms with E-state index < -0.39 is 10.7 Å². The molecule has 8 heteroatoms. The quantitative estimate of drug-likeness (QED) is 0.479. The predicted molar refractivity (Wildman–Crippen MR) is 101 cm³/mol. The van der Waals surface area contributed by atoms with Gasteiger partial charge in [0.15, 0.2) is 5.78 Å². The zero-order chi connectivity index (χ0) is 19.4. The summed E-state index contributed by atoms with van der Waals surface area (Å²) in [4.78, 5) is 12.8. The zero-order valence-corrected chi connectivity index (χ0v) is 15.2. The normalized spacial score (nSPS) is 11.0. The number of hydrogen-bond donors (Lipinski definition) is 2. The van der Waals surface area contributed by atoms with Gasteiger partial charge in [-0.15, -0.1) is 0 Å². The number of rotatable bonds is 7. The fourth-order valence-electron chi connectivity index (χ4n) is 2.76. The van der Waals surface area contributed by atoms with Crippen LogP contribution in [0.3, 0.4) is 0 Å². The highest BCUT2D eigenvalue weighted by molar-refractivity contribution is 7.72. The van der Waals surface area contributed by atoms with Gasteiger partial charge in [-0.3, -0.25) is 4.79 Å². The van der Waals surface area contributed by atoms with Gasteiger partial charge in [-0.1, -0.05) is 18.2 Å². The first-order chi connectivity index (χ1) is 13.0. The Hall–Kier alpha value is -3.00. The van der Waals surface area contributed by atoms with Crippen LogP contribution in [0.2, 0.25) is 0 Å². The van der Waals surface area contributed by atoms with Gasteiger partial charge in [-0.25, -0.2) is 17.5 Å². The molecule has 0 aliphatic heterocycles. The first-order valence-corrected chi connectivity index (χ1v) is 9.67. The standard InChI is InChI=1S/C19H18FN3O3S/c20-15-6-8-16(9-7-15)23-19(21)17(12-22-23)18(24)14-5-1-3-13(11-14)4-2-10-27(25)26/h1,3,5-9,11-12,27H,2,4,10,21H2. The summed E-state index contributed by atoms with van der Waals surface area (Å²) in [6.07, 6.45) is 2.45. The van der Waals surface area contributed by atoms with Crippen molar-refractivity contribution in [2.45, 2.75) is 12.8 Å². The lowest BCUT2D eigenvalue weighted by atomic mass is 10.0. The Balaban J connectivity index is 1.83. The minimum atomic E-state index is -2.40. The van der Waals surface area contributed by atoms with E-state index in [4.69, 9.17) is 5.73 Å². The van der Waals surface area contributed by atoms with Crippen molar-refractivity contribution in [2.24, 2.45) is 0 Å². The smallest absolute Gasteiger partial charge is 0.198 e. The van der Waals surface area contributed by atoms with Gasteiger partial charge in [0.2, 0.25) is 0 Å². The monoisotopic (exact) mass is 387 g/mol. The summed E-state index contributed by atoms with van der Waals surface area (Å²) >= 11 is 0. The Morgan fingerprint density at radius 2 is 1.89 bits per heavy atom. The first kappa shape index (κ1) is 18.8. The van der Waals surface area contributed by atoms with Crippen molar-refractivity contribution in [1.29, 1.82) is 0 Å². The van der Waals surface area contributed by atoms with Crippen LogP contribution in [-0.4, -0.2) is 29.7 Å². The maximum Gasteiger partial charge on any atom is 0.198 e. The molecule has 0 aliphatic rings. The van der Waals surface area contributed by atoms with Crippen molar-refractivity contribution in [2.75, 3.05) is 11.5 Å². The molecule has 0 aliphatic carbocycles. The molecule has 3 rings (SSSR count). The number of carbonyl (C=O) groups is 1. The number of carbonyl (C=O) groups excluding carboxylic acids is 1. The molecule has 2 N–H and O–H groups in total. The van der Waals surface area contributed by atoms with E-state index in [2.05, 4.69) is 5.10 Å². The van der Waals surface area contributed by atoms with E-state index in [0.717, 1.165) is 5.56 Å². The highest BCUT2D eigenvalue weighted by atomic mass is 32.2. The Morgan fingerprint density at radius 3 is 2.59 bits per heavy atom. The van der Waals surface area contributed by atoms with Crippen molar-refractivity contribution in [3.8, 4) is 5.69 Å². The maximum atomic E-state index is 13.1. The summed E-state index contributed by atoms with van der Waals surface area (Å²) in [7, 11) is -2.40. The molecule has 1 aromatic heterocycles. The SMILES string of the molecule is Nc1c(C(=O)c2cccc(CCC[SH](=O)=O)c2)cnn1-c1ccc(F)cc1. The van der Waals surface area contributed by atoms with E-state index in [1.54, 1.807) is 18.2 Å². The number of anilines is 1. The lowest BCUT2D eigenvalue weighted by molar-refractivity contribution is 0.103. The highest BCUT2D eigenvalue weighted by Crippen LogP contribution is 2.21. The molecule has 6 nitrogen and oxygen atoms in total. The zero-order valence-electron chi connectivity index (χ0n) is 14.3. The van der Waals surface area contributed by atoms with Gasteiger partial charge in [-0.05, 0) is 48.7 Å². The second-order valence-corrected chi connectivity index (χ2v) is 7.13. The molecule has 0 fully saturated rings. The molecule has 0 unspecified atom stereocenters. The second kappa shape index (κ2) is 8.13. The lowest BCUT2D eigenvalue weighted by Crippen LogP contribution is -2.07. The molecule has 1 heterocycles. The van der Waals surface area contributed by atoms with Gasteiger partial charge in [-0.2, -0.15) is 5.10 Å². The predicted octanol–water partition coefficient (Wildman–Crippen LogP) is 2.37. The summed E-state index contributed by atoms with van der Waals surface area (Å²) in [5.74, 6) is -0.373. The van der Waals surface area contributed by atoms with Gasteiger partial charge < -0.3 is 5.73 Å². The van der Waals surface area contributed by atoms with Gasteiger partial charge in [0.05, 0.1) is 17.4 Å². The molecule has 2 aromatic carbocycles. The third-order valence-corrected chi connectivity index (χ3v) is 4.80. The average molecular weight is 387 g/mol. The molecule has 0 radical (unpaired) electrons. The highest BCUT2D eigenvalue weighted by Gasteiger charge is 2.18. The number of benzene rings is 2. The molecular formula is C19H18FN3O3S. The minimum absolute atomic E-state index is 0.116. The van der Waals surface area contributed by atoms with E-state index in [0.29, 0.717) is 24.1 Å². The molecule has 0 saturated heterocycles. The van der Waals surface area contributed by atoms with Crippen LogP contribution in [0.4, 0.5) is 10.2 Å². The fourth-order valence-corrected chi connectivity index (χ4v) is 3.17. The van der Waals surface area contributed by atoms with Crippen LogP contribution in [0, 0.1) is 5.82 Å². The number of nitrogen functional groups attached to an aromatic ring is 1. The number of halogens is 1. The third-order valence-electron chi connectivity index (χ3n) is 4.12. The van der Waals surface area contributed by atoms with Crippen LogP contribution >= 0.6 is 0 Å². The van der Waals surface area contributed by atoms with Gasteiger partial charge >= 0.3 is 0 Å². The molecule has 0 saturated carbocycles. The van der Waals surface area contributed by atoms with E-state index >= 15 is 0 Å². The Labute approximate surface area is 157 Å². The van der Waals surface area contributed by atoms with Crippen LogP contribution < -0.4 is 5.73 Å². The molecule has 0 bridgehead atoms. The number of aromatic nitrogens is 2. The Bertz CT molecular complexity index is 1030. The topological polar surface area (TPSA) is 95.1 Å². The summed E-state index contributed by atoms with van der Waals surface area (Å²) in [6.45, 7) is 0. The Morgan fingerprint density at radius 1 is 1.15 bits per heavy atom. The van der Waals surface area contributed by atoms with Gasteiger partial charge in [0, 0.05) is 11.3 Å². The molecule has 27 heavy (non-hydrogen) atoms. The van der Waals surface area contributed by atoms with Crippen molar-refractivity contribution in [3.63, 3.8) is 0 Å². The van der Waals surface area contributed by atoms with Crippen molar-refractivity contribution in [3.05, 3.63) is 77.2 Å². The minimum Gasteiger partial charge on any atom is -0.383 e. The molecule has 0 spiro atoms. The lowest BCUT2D eigenvalue weighted by Gasteiger charge is -2.06. The number of thiol groups is 1. The largest absolute Gasteiger partial charge is 0.383 e. The summed E-state index contributed by atoms with van der Waals surface area (Å²) in [5.41, 5.74) is 8.21. The number of hydrogen-bond acceptors (Lipinski definition) is 5. The third kappa shape index (κ3) is 4.40. The van der Waals surface area contributed by atoms with E-state index in [1.807, 2.05) is 6.07 Å². The van der Waals surface area contributed by atoms with Gasteiger partial charge in [0.1, 0.15) is 22.3 Å². The number of aryl methyl sites for hydroxylation is 1. The molecule has 0 amide bonds. The van der Waals surface area contributed by atoms with Crippen molar-refractivity contribution in [1.82, 2.24) is 9.78 Å². The van der Waals surface area contributed by atoms with Crippen LogP contribution in [0.25, 0.3) is 5.69 Å². The molecule has 140 valence electrons. The molecular weight excluding hydrogens is 369 g/mol. The molecule has 3 aromatic rings. The first-order valence-electron chi connectivity index (χ1n) is 8.30. The summed E-state index contributed by atoms with van der Waals surface area (Å²) in [5, 5.41) is 4.13. The Kier molecular flexibility index (Phi) is 5.66. The second-order valence-electron chi connectivity index (χ2n) is 6.02. The number of ketones is 1. The van der Waals surface area contributed by atoms with Crippen molar-refractivity contribution >= 4 is 22.3 Å². The summed E-state index contributed by atoms with van der Waals surface area (Å²) < 4.78 is 35.8. The van der Waals surface area contributed by atoms with E-state index in [1.165, 1.54) is 35.1 Å². The fraction of sp³-hybridized carbons (Fsp3) is 0.158. The van der Waals surface area contributed by atoms with Crippen LogP contribution in [0.15, 0.2) is 54.7 Å². The maximum absolute atomic E-state index is 13.1. The van der Waals surface area contributed by atoms with Crippen LogP contribution in [-0.2, 0) is 17.1 Å².